The summed E-state index contributed by atoms with van der Waals surface area (Å²) in [5, 5.41) is 7.05. The average Bonchev–Trinajstić information content (AvgIpc) is 3.49. The predicted octanol–water partition coefficient (Wildman–Crippen LogP) is 4.83. The van der Waals surface area contributed by atoms with Gasteiger partial charge in [0.25, 0.3) is 5.92 Å². The SMILES string of the molecule is COCc1cc(-c2c(F)cc(F)cc2F)c2c(N3CC[C@H]4N(CC(NC5CC5)C4(F)F)C3=O)noc2c1. The lowest BCUT2D eigenvalue weighted by molar-refractivity contribution is -0.0496. The molecule has 1 aromatic heterocycles. The molecule has 1 N–H and O–H groups in total. The molecular weight excluding hydrogens is 499 g/mol. The molecule has 1 saturated carbocycles. The zero-order valence-corrected chi connectivity index (χ0v) is 19.7. The number of methoxy groups -OCH3 is 1. The quantitative estimate of drug-likeness (QED) is 0.470. The minimum Gasteiger partial charge on any atom is -0.380 e. The fourth-order valence-electron chi connectivity index (χ4n) is 5.39. The summed E-state index contributed by atoms with van der Waals surface area (Å²) in [6, 6.07) is 1.01. The number of hydrogen-bond donors (Lipinski definition) is 1. The number of fused-ring (bicyclic) bond motifs is 2. The Morgan fingerprint density at radius 2 is 1.86 bits per heavy atom. The Kier molecular flexibility index (Phi) is 5.64. The van der Waals surface area contributed by atoms with E-state index in [0.717, 1.165) is 17.7 Å². The minimum atomic E-state index is -3.10. The Bertz CT molecular complexity index is 1370. The Morgan fingerprint density at radius 1 is 1.14 bits per heavy atom. The first-order valence-corrected chi connectivity index (χ1v) is 12.0. The van der Waals surface area contributed by atoms with Crippen molar-refractivity contribution in [2.45, 2.75) is 49.9 Å². The number of carbonyl (C=O) groups excluding carboxylic acids is 1. The van der Waals surface area contributed by atoms with E-state index in [-0.39, 0.29) is 54.5 Å². The van der Waals surface area contributed by atoms with Gasteiger partial charge in [0.2, 0.25) is 0 Å². The van der Waals surface area contributed by atoms with Crippen molar-refractivity contribution in [1.29, 1.82) is 0 Å². The number of urea groups is 1. The van der Waals surface area contributed by atoms with E-state index in [4.69, 9.17) is 9.26 Å². The van der Waals surface area contributed by atoms with Gasteiger partial charge < -0.3 is 19.5 Å². The van der Waals surface area contributed by atoms with Crippen LogP contribution in [-0.4, -0.2) is 60.3 Å². The molecule has 196 valence electrons. The van der Waals surface area contributed by atoms with Crippen LogP contribution in [0.2, 0.25) is 0 Å². The number of nitrogens with one attached hydrogen (secondary N) is 1. The molecule has 2 aliphatic heterocycles. The number of hydrogen-bond acceptors (Lipinski definition) is 5. The molecule has 2 atom stereocenters. The topological polar surface area (TPSA) is 70.8 Å². The van der Waals surface area contributed by atoms with E-state index < -0.39 is 47.1 Å². The normalized spacial score (nSPS) is 23.2. The van der Waals surface area contributed by atoms with Crippen LogP contribution in [-0.2, 0) is 11.3 Å². The van der Waals surface area contributed by atoms with Crippen molar-refractivity contribution in [1.82, 2.24) is 15.4 Å². The first-order chi connectivity index (χ1) is 17.7. The highest BCUT2D eigenvalue weighted by Gasteiger charge is 2.60. The number of carbonyl (C=O) groups is 1. The van der Waals surface area contributed by atoms with Gasteiger partial charge in [-0.25, -0.2) is 26.7 Å². The molecule has 1 aliphatic carbocycles. The molecule has 7 nitrogen and oxygen atoms in total. The standard InChI is InChI=1S/C25H23F5N4O3/c1-36-11-12-6-15(21-16(27)8-13(26)9-17(21)28)22-18(7-12)37-32-23(22)33-5-4-20-25(29,30)19(31-14-2-3-14)10-34(20)24(33)35/h6-9,14,19-20,31H,2-5,10-11H2,1H3/t19?,20-/m1/s1. The van der Waals surface area contributed by atoms with Gasteiger partial charge >= 0.3 is 6.03 Å². The summed E-state index contributed by atoms with van der Waals surface area (Å²) in [6.45, 7) is -0.196. The molecule has 12 heteroatoms. The van der Waals surface area contributed by atoms with Crippen molar-refractivity contribution in [2.75, 3.05) is 25.1 Å². The van der Waals surface area contributed by atoms with Crippen LogP contribution in [0, 0.1) is 17.5 Å². The number of alkyl halides is 2. The summed E-state index contributed by atoms with van der Waals surface area (Å²) in [7, 11) is 1.44. The second kappa shape index (κ2) is 8.66. The smallest absolute Gasteiger partial charge is 0.326 e. The number of nitrogens with zero attached hydrogens (tertiary/aromatic N) is 3. The fourth-order valence-corrected chi connectivity index (χ4v) is 5.39. The average molecular weight is 522 g/mol. The van der Waals surface area contributed by atoms with Crippen LogP contribution in [0.1, 0.15) is 24.8 Å². The summed E-state index contributed by atoms with van der Waals surface area (Å²) in [5.74, 6) is -6.55. The number of anilines is 1. The van der Waals surface area contributed by atoms with Crippen molar-refractivity contribution in [3.8, 4) is 11.1 Å². The fraction of sp³-hybridized carbons (Fsp3) is 0.440. The number of rotatable bonds is 6. The summed E-state index contributed by atoms with van der Waals surface area (Å²) >= 11 is 0. The number of benzene rings is 2. The maximum atomic E-state index is 15.1. The Balaban J connectivity index is 1.43. The van der Waals surface area contributed by atoms with Crippen LogP contribution in [0.15, 0.2) is 28.8 Å². The van der Waals surface area contributed by atoms with Gasteiger partial charge in [0.15, 0.2) is 11.4 Å². The van der Waals surface area contributed by atoms with Crippen LogP contribution < -0.4 is 10.2 Å². The maximum absolute atomic E-state index is 15.1. The predicted molar refractivity (Wildman–Crippen MR) is 123 cm³/mol. The van der Waals surface area contributed by atoms with Crippen molar-refractivity contribution in [3.63, 3.8) is 0 Å². The molecule has 3 fully saturated rings. The second-order valence-electron chi connectivity index (χ2n) is 9.76. The molecule has 0 bridgehead atoms. The van der Waals surface area contributed by atoms with Crippen molar-refractivity contribution >= 4 is 22.8 Å². The van der Waals surface area contributed by atoms with Gasteiger partial charge in [0, 0.05) is 43.9 Å². The van der Waals surface area contributed by atoms with E-state index in [1.807, 2.05) is 0 Å². The molecule has 3 heterocycles. The Labute approximate surface area is 208 Å². The summed E-state index contributed by atoms with van der Waals surface area (Å²) < 4.78 is 84.2. The molecule has 3 aromatic rings. The Hall–Kier alpha value is -3.25. The van der Waals surface area contributed by atoms with E-state index in [9.17, 15) is 18.0 Å². The van der Waals surface area contributed by atoms with Gasteiger partial charge in [-0.15, -0.1) is 0 Å². The van der Waals surface area contributed by atoms with Crippen molar-refractivity contribution in [2.24, 2.45) is 0 Å². The highest BCUT2D eigenvalue weighted by molar-refractivity contribution is 6.07. The first kappa shape index (κ1) is 24.1. The second-order valence-corrected chi connectivity index (χ2v) is 9.76. The third kappa shape index (κ3) is 3.93. The molecule has 2 aromatic carbocycles. The minimum absolute atomic E-state index is 0.0225. The van der Waals surface area contributed by atoms with Gasteiger partial charge in [0.05, 0.1) is 23.6 Å². The van der Waals surface area contributed by atoms with Crippen molar-refractivity contribution < 1.29 is 36.0 Å². The molecule has 37 heavy (non-hydrogen) atoms. The third-order valence-corrected chi connectivity index (χ3v) is 7.24. The molecular formula is C25H23F5N4O3. The van der Waals surface area contributed by atoms with Crippen molar-refractivity contribution in [3.05, 3.63) is 47.3 Å². The summed E-state index contributed by atoms with van der Waals surface area (Å²) in [6.07, 6.45) is 1.62. The molecule has 0 spiro atoms. The summed E-state index contributed by atoms with van der Waals surface area (Å²) in [5.41, 5.74) is 0.0509. The number of halogens is 5. The highest BCUT2D eigenvalue weighted by Crippen LogP contribution is 2.44. The van der Waals surface area contributed by atoms with Gasteiger partial charge in [-0.1, -0.05) is 5.16 Å². The van der Waals surface area contributed by atoms with Crippen LogP contribution in [0.5, 0.6) is 0 Å². The van der Waals surface area contributed by atoms with Crippen LogP contribution in [0.3, 0.4) is 0 Å². The zero-order valence-electron chi connectivity index (χ0n) is 19.7. The monoisotopic (exact) mass is 522 g/mol. The van der Waals surface area contributed by atoms with Crippen LogP contribution in [0.4, 0.5) is 32.6 Å². The van der Waals surface area contributed by atoms with Crippen LogP contribution in [0.25, 0.3) is 22.1 Å². The molecule has 0 radical (unpaired) electrons. The molecule has 6 rings (SSSR count). The van der Waals surface area contributed by atoms with Gasteiger partial charge in [-0.05, 0) is 37.0 Å². The molecule has 3 aliphatic rings. The highest BCUT2D eigenvalue weighted by atomic mass is 19.3. The van der Waals surface area contributed by atoms with Gasteiger partial charge in [0.1, 0.15) is 23.5 Å². The number of aromatic nitrogens is 1. The van der Waals surface area contributed by atoms with E-state index in [1.54, 1.807) is 6.07 Å². The lowest BCUT2D eigenvalue weighted by atomic mass is 9.97. The van der Waals surface area contributed by atoms with Gasteiger partial charge in [-0.2, -0.15) is 0 Å². The Morgan fingerprint density at radius 3 is 2.54 bits per heavy atom. The van der Waals surface area contributed by atoms with Gasteiger partial charge in [-0.3, -0.25) is 4.90 Å². The van der Waals surface area contributed by atoms with E-state index in [0.29, 0.717) is 17.7 Å². The van der Waals surface area contributed by atoms with E-state index in [2.05, 4.69) is 10.5 Å². The summed E-state index contributed by atoms with van der Waals surface area (Å²) in [4.78, 5) is 15.8. The van der Waals surface area contributed by atoms with Crippen LogP contribution >= 0.6 is 0 Å². The maximum Gasteiger partial charge on any atom is 0.326 e. The van der Waals surface area contributed by atoms with E-state index >= 15 is 8.78 Å². The first-order valence-electron chi connectivity index (χ1n) is 12.0. The molecule has 2 saturated heterocycles. The third-order valence-electron chi connectivity index (χ3n) is 7.24. The lowest BCUT2D eigenvalue weighted by Crippen LogP contribution is -2.56. The number of amides is 2. The van der Waals surface area contributed by atoms with E-state index in [1.165, 1.54) is 18.1 Å². The molecule has 1 unspecified atom stereocenters. The number of ether oxygens (including phenoxy) is 1. The zero-order chi connectivity index (χ0) is 26.1. The molecule has 2 amide bonds. The lowest BCUT2D eigenvalue weighted by Gasteiger charge is -2.37. The largest absolute Gasteiger partial charge is 0.380 e.